The van der Waals surface area contributed by atoms with Gasteiger partial charge in [0.25, 0.3) is 0 Å². The molecule has 1 aliphatic rings. The highest BCUT2D eigenvalue weighted by atomic mass is 16.3. The Morgan fingerprint density at radius 1 is 1.23 bits per heavy atom. The number of aliphatic hydroxyl groups is 1. The Morgan fingerprint density at radius 2 is 1.96 bits per heavy atom. The standard InChI is InChI=1S/C21H30N2O3/c1-2-20(25)22-18-10-7-9-17(15-18)16-21(26)23(13-8-14-24)19-11-5-3-4-6-12-19/h2,7,9-10,15,19,24H,1,3-6,8,11-14,16H2,(H,22,25). The molecule has 0 aromatic heterocycles. The van der Waals surface area contributed by atoms with Crippen molar-refractivity contribution in [3.05, 3.63) is 42.5 Å². The first kappa shape index (κ1) is 20.2. The monoisotopic (exact) mass is 358 g/mol. The third-order valence-electron chi connectivity index (χ3n) is 4.88. The predicted molar refractivity (Wildman–Crippen MR) is 104 cm³/mol. The number of nitrogens with zero attached hydrogens (tertiary/aromatic N) is 1. The lowest BCUT2D eigenvalue weighted by Gasteiger charge is -2.31. The molecule has 0 unspecified atom stereocenters. The summed E-state index contributed by atoms with van der Waals surface area (Å²) in [4.78, 5) is 26.4. The quantitative estimate of drug-likeness (QED) is 0.553. The molecular formula is C21H30N2O3. The molecular weight excluding hydrogens is 328 g/mol. The van der Waals surface area contributed by atoms with Crippen molar-refractivity contribution in [3.8, 4) is 0 Å². The Morgan fingerprint density at radius 3 is 2.62 bits per heavy atom. The van der Waals surface area contributed by atoms with Crippen LogP contribution in [0.3, 0.4) is 0 Å². The molecule has 26 heavy (non-hydrogen) atoms. The molecule has 0 saturated heterocycles. The fourth-order valence-corrected chi connectivity index (χ4v) is 3.55. The van der Waals surface area contributed by atoms with Gasteiger partial charge in [-0.25, -0.2) is 0 Å². The Balaban J connectivity index is 2.06. The Kier molecular flexibility index (Phi) is 8.35. The zero-order valence-electron chi connectivity index (χ0n) is 15.5. The van der Waals surface area contributed by atoms with E-state index in [2.05, 4.69) is 11.9 Å². The average Bonchev–Trinajstić information content (AvgIpc) is 2.91. The van der Waals surface area contributed by atoms with Gasteiger partial charge in [0.1, 0.15) is 0 Å². The molecule has 2 N–H and O–H groups in total. The smallest absolute Gasteiger partial charge is 0.247 e. The van der Waals surface area contributed by atoms with Gasteiger partial charge in [-0.3, -0.25) is 9.59 Å². The minimum atomic E-state index is -0.267. The number of aliphatic hydroxyl groups excluding tert-OH is 1. The summed E-state index contributed by atoms with van der Waals surface area (Å²) in [5, 5.41) is 11.9. The average molecular weight is 358 g/mol. The molecule has 0 aliphatic heterocycles. The van der Waals surface area contributed by atoms with E-state index in [1.807, 2.05) is 23.1 Å². The van der Waals surface area contributed by atoms with Crippen molar-refractivity contribution in [2.24, 2.45) is 0 Å². The highest BCUT2D eigenvalue weighted by Gasteiger charge is 2.24. The molecule has 1 aromatic carbocycles. The Bertz CT molecular complexity index is 607. The van der Waals surface area contributed by atoms with Gasteiger partial charge < -0.3 is 15.3 Å². The molecule has 142 valence electrons. The second kappa shape index (κ2) is 10.8. The van der Waals surface area contributed by atoms with E-state index in [4.69, 9.17) is 0 Å². The predicted octanol–water partition coefficient (Wildman–Crippen LogP) is 3.29. The van der Waals surface area contributed by atoms with Crippen molar-refractivity contribution in [1.29, 1.82) is 0 Å². The summed E-state index contributed by atoms with van der Waals surface area (Å²) < 4.78 is 0. The molecule has 2 amide bonds. The summed E-state index contributed by atoms with van der Waals surface area (Å²) in [5.41, 5.74) is 1.54. The molecule has 1 fully saturated rings. The van der Waals surface area contributed by atoms with Gasteiger partial charge in [0.15, 0.2) is 0 Å². The lowest BCUT2D eigenvalue weighted by molar-refractivity contribution is -0.133. The summed E-state index contributed by atoms with van der Waals surface area (Å²) in [5.74, 6) is -0.172. The van der Waals surface area contributed by atoms with Gasteiger partial charge in [-0.15, -0.1) is 0 Å². The van der Waals surface area contributed by atoms with Crippen molar-refractivity contribution < 1.29 is 14.7 Å². The first-order valence-corrected chi connectivity index (χ1v) is 9.56. The number of hydrogen-bond acceptors (Lipinski definition) is 3. The van der Waals surface area contributed by atoms with Crippen molar-refractivity contribution in [1.82, 2.24) is 4.90 Å². The van der Waals surface area contributed by atoms with Crippen LogP contribution in [0.15, 0.2) is 36.9 Å². The normalized spacial score (nSPS) is 15.1. The van der Waals surface area contributed by atoms with Crippen LogP contribution in [-0.2, 0) is 16.0 Å². The van der Waals surface area contributed by atoms with Crippen molar-refractivity contribution in [2.45, 2.75) is 57.4 Å². The minimum Gasteiger partial charge on any atom is -0.396 e. The van der Waals surface area contributed by atoms with E-state index in [1.165, 1.54) is 18.9 Å². The molecule has 0 heterocycles. The van der Waals surface area contributed by atoms with Gasteiger partial charge in [0, 0.05) is 24.9 Å². The Labute approximate surface area is 156 Å². The molecule has 1 aliphatic carbocycles. The SMILES string of the molecule is C=CC(=O)Nc1cccc(CC(=O)N(CCCO)C2CCCCCC2)c1. The number of nitrogens with one attached hydrogen (secondary N) is 1. The molecule has 1 aromatic rings. The number of carbonyl (C=O) groups is 2. The third kappa shape index (κ3) is 6.30. The van der Waals surface area contributed by atoms with Crippen LogP contribution in [0.25, 0.3) is 0 Å². The van der Waals surface area contributed by atoms with E-state index in [1.54, 1.807) is 6.07 Å². The largest absolute Gasteiger partial charge is 0.396 e. The van der Waals surface area contributed by atoms with Crippen molar-refractivity contribution >= 4 is 17.5 Å². The first-order valence-electron chi connectivity index (χ1n) is 9.56. The molecule has 0 bridgehead atoms. The van der Waals surface area contributed by atoms with Crippen LogP contribution in [0, 0.1) is 0 Å². The minimum absolute atomic E-state index is 0.0950. The van der Waals surface area contributed by atoms with E-state index in [9.17, 15) is 14.7 Å². The van der Waals surface area contributed by atoms with Crippen molar-refractivity contribution in [2.75, 3.05) is 18.5 Å². The third-order valence-corrected chi connectivity index (χ3v) is 4.88. The summed E-state index contributed by atoms with van der Waals surface area (Å²) in [7, 11) is 0. The van der Waals surface area contributed by atoms with Gasteiger partial charge in [-0.1, -0.05) is 44.4 Å². The number of rotatable bonds is 8. The summed E-state index contributed by atoms with van der Waals surface area (Å²) in [6.45, 7) is 4.15. The molecule has 5 heteroatoms. The number of anilines is 1. The first-order chi connectivity index (χ1) is 12.6. The molecule has 2 rings (SSSR count). The van der Waals surface area contributed by atoms with E-state index in [0.29, 0.717) is 25.1 Å². The fourth-order valence-electron chi connectivity index (χ4n) is 3.55. The van der Waals surface area contributed by atoms with Crippen LogP contribution in [0.4, 0.5) is 5.69 Å². The zero-order valence-corrected chi connectivity index (χ0v) is 15.5. The van der Waals surface area contributed by atoms with Crippen LogP contribution in [0.5, 0.6) is 0 Å². The molecule has 0 spiro atoms. The lowest BCUT2D eigenvalue weighted by atomic mass is 10.0. The highest BCUT2D eigenvalue weighted by Crippen LogP contribution is 2.23. The Hall–Kier alpha value is -2.14. The van der Waals surface area contributed by atoms with E-state index >= 15 is 0 Å². The summed E-state index contributed by atoms with van der Waals surface area (Å²) in [6.07, 6.45) is 9.04. The maximum Gasteiger partial charge on any atom is 0.247 e. The second-order valence-electron chi connectivity index (χ2n) is 6.88. The van der Waals surface area contributed by atoms with Gasteiger partial charge in [0.05, 0.1) is 6.42 Å². The number of benzene rings is 1. The van der Waals surface area contributed by atoms with Crippen LogP contribution >= 0.6 is 0 Å². The van der Waals surface area contributed by atoms with Gasteiger partial charge >= 0.3 is 0 Å². The number of carbonyl (C=O) groups excluding carboxylic acids is 2. The molecule has 0 atom stereocenters. The van der Waals surface area contributed by atoms with E-state index in [-0.39, 0.29) is 24.5 Å². The number of amides is 2. The topological polar surface area (TPSA) is 69.6 Å². The maximum atomic E-state index is 13.0. The fraction of sp³-hybridized carbons (Fsp3) is 0.524. The van der Waals surface area contributed by atoms with Crippen LogP contribution in [-0.4, -0.2) is 41.0 Å². The van der Waals surface area contributed by atoms with Crippen LogP contribution < -0.4 is 5.32 Å². The van der Waals surface area contributed by atoms with Crippen molar-refractivity contribution in [3.63, 3.8) is 0 Å². The zero-order chi connectivity index (χ0) is 18.8. The van der Waals surface area contributed by atoms with Crippen LogP contribution in [0.2, 0.25) is 0 Å². The van der Waals surface area contributed by atoms with E-state index < -0.39 is 0 Å². The summed E-state index contributed by atoms with van der Waals surface area (Å²) in [6, 6.07) is 7.64. The lowest BCUT2D eigenvalue weighted by Crippen LogP contribution is -2.42. The van der Waals surface area contributed by atoms with Gasteiger partial charge in [-0.05, 0) is 43.0 Å². The summed E-state index contributed by atoms with van der Waals surface area (Å²) >= 11 is 0. The highest BCUT2D eigenvalue weighted by molar-refractivity contribution is 5.98. The number of hydrogen-bond donors (Lipinski definition) is 2. The maximum absolute atomic E-state index is 13.0. The van der Waals surface area contributed by atoms with E-state index in [0.717, 1.165) is 31.2 Å². The van der Waals surface area contributed by atoms with Crippen LogP contribution in [0.1, 0.15) is 50.5 Å². The molecule has 1 saturated carbocycles. The molecule has 5 nitrogen and oxygen atoms in total. The van der Waals surface area contributed by atoms with Gasteiger partial charge in [-0.2, -0.15) is 0 Å². The van der Waals surface area contributed by atoms with Gasteiger partial charge in [0.2, 0.25) is 11.8 Å². The second-order valence-corrected chi connectivity index (χ2v) is 6.88. The molecule has 0 radical (unpaired) electrons.